The minimum Gasteiger partial charge on any atom is -0.497 e. The Morgan fingerprint density at radius 3 is 2.49 bits per heavy atom. The predicted octanol–water partition coefficient (Wildman–Crippen LogP) is 6.51. The maximum Gasteiger partial charge on any atom is 0.152 e. The van der Waals surface area contributed by atoms with Gasteiger partial charge in [0.2, 0.25) is 0 Å². The van der Waals surface area contributed by atoms with E-state index in [2.05, 4.69) is 85.5 Å². The highest BCUT2D eigenvalue weighted by atomic mass is 16.5. The molecule has 0 atom stereocenters. The van der Waals surface area contributed by atoms with Gasteiger partial charge in [0.1, 0.15) is 5.75 Å². The number of aromatic nitrogens is 2. The van der Waals surface area contributed by atoms with Crippen molar-refractivity contribution in [3.8, 4) is 17.0 Å². The number of aryl methyl sites for hydroxylation is 5. The van der Waals surface area contributed by atoms with E-state index in [9.17, 15) is 0 Å². The van der Waals surface area contributed by atoms with Gasteiger partial charge in [-0.3, -0.25) is 0 Å². The van der Waals surface area contributed by atoms with Crippen LogP contribution in [-0.4, -0.2) is 17.1 Å². The van der Waals surface area contributed by atoms with Crippen molar-refractivity contribution in [2.45, 2.75) is 39.0 Å². The molecule has 4 aromatic rings. The first-order valence-electron chi connectivity index (χ1n) is 12.2. The van der Waals surface area contributed by atoms with Gasteiger partial charge < -0.3 is 10.1 Å². The van der Waals surface area contributed by atoms with Crippen LogP contribution in [0.15, 0.2) is 85.1 Å². The SMILES string of the molecule is C=C(Cc1ccc(C)cc1)Nc1nc2c(nc1CCc1ccccc1)-c1ccc(OC)cc1CC2. The molecule has 4 nitrogen and oxygen atoms in total. The van der Waals surface area contributed by atoms with Crippen LogP contribution in [0.5, 0.6) is 5.75 Å². The fourth-order valence-corrected chi connectivity index (χ4v) is 4.63. The molecule has 5 rings (SSSR count). The highest BCUT2D eigenvalue weighted by Gasteiger charge is 2.22. The molecular formula is C31H31N3O. The van der Waals surface area contributed by atoms with E-state index in [1.807, 2.05) is 6.07 Å². The summed E-state index contributed by atoms with van der Waals surface area (Å²) in [5, 5.41) is 3.51. The second-order valence-electron chi connectivity index (χ2n) is 9.21. The Kier molecular flexibility index (Phi) is 6.62. The van der Waals surface area contributed by atoms with Crippen LogP contribution >= 0.6 is 0 Å². The molecule has 1 aliphatic carbocycles. The molecule has 1 aromatic heterocycles. The molecule has 0 spiro atoms. The van der Waals surface area contributed by atoms with E-state index < -0.39 is 0 Å². The van der Waals surface area contributed by atoms with Gasteiger partial charge in [0.15, 0.2) is 5.82 Å². The molecule has 0 amide bonds. The molecule has 35 heavy (non-hydrogen) atoms. The number of nitrogens with one attached hydrogen (secondary N) is 1. The lowest BCUT2D eigenvalue weighted by atomic mass is 9.91. The summed E-state index contributed by atoms with van der Waals surface area (Å²) in [6.07, 6.45) is 4.25. The minimum absolute atomic E-state index is 0.750. The van der Waals surface area contributed by atoms with E-state index in [1.54, 1.807) is 7.11 Å². The first kappa shape index (κ1) is 22.9. The summed E-state index contributed by atoms with van der Waals surface area (Å²) < 4.78 is 5.44. The Labute approximate surface area is 207 Å². The van der Waals surface area contributed by atoms with Crippen LogP contribution in [0.4, 0.5) is 5.82 Å². The highest BCUT2D eigenvalue weighted by molar-refractivity contribution is 5.71. The van der Waals surface area contributed by atoms with E-state index in [4.69, 9.17) is 14.7 Å². The monoisotopic (exact) mass is 461 g/mol. The van der Waals surface area contributed by atoms with Gasteiger partial charge in [0, 0.05) is 17.7 Å². The van der Waals surface area contributed by atoms with Crippen LogP contribution in [-0.2, 0) is 32.1 Å². The number of ether oxygens (including phenoxy) is 1. The summed E-state index contributed by atoms with van der Waals surface area (Å²) in [5.41, 5.74) is 10.1. The molecule has 3 aromatic carbocycles. The van der Waals surface area contributed by atoms with E-state index in [-0.39, 0.29) is 0 Å². The number of methoxy groups -OCH3 is 1. The second kappa shape index (κ2) is 10.1. The van der Waals surface area contributed by atoms with E-state index in [0.717, 1.165) is 72.0 Å². The highest BCUT2D eigenvalue weighted by Crippen LogP contribution is 2.35. The number of hydrogen-bond acceptors (Lipinski definition) is 4. The molecule has 0 aliphatic heterocycles. The average molecular weight is 462 g/mol. The van der Waals surface area contributed by atoms with Gasteiger partial charge in [-0.25, -0.2) is 9.97 Å². The molecular weight excluding hydrogens is 430 g/mol. The summed E-state index contributed by atoms with van der Waals surface area (Å²) in [6, 6.07) is 25.4. The zero-order valence-corrected chi connectivity index (χ0v) is 20.5. The van der Waals surface area contributed by atoms with Crippen molar-refractivity contribution in [1.29, 1.82) is 0 Å². The Morgan fingerprint density at radius 1 is 0.914 bits per heavy atom. The summed E-state index contributed by atoms with van der Waals surface area (Å²) in [4.78, 5) is 10.3. The number of fused-ring (bicyclic) bond motifs is 3. The first-order valence-corrected chi connectivity index (χ1v) is 12.2. The quantitative estimate of drug-likeness (QED) is 0.325. The summed E-state index contributed by atoms with van der Waals surface area (Å²) >= 11 is 0. The summed E-state index contributed by atoms with van der Waals surface area (Å²) in [6.45, 7) is 6.41. The van der Waals surface area contributed by atoms with Crippen molar-refractivity contribution in [1.82, 2.24) is 9.97 Å². The number of rotatable bonds is 8. The third-order valence-electron chi connectivity index (χ3n) is 6.57. The van der Waals surface area contributed by atoms with Crippen molar-refractivity contribution in [2.75, 3.05) is 12.4 Å². The van der Waals surface area contributed by atoms with Gasteiger partial charge >= 0.3 is 0 Å². The number of anilines is 1. The van der Waals surface area contributed by atoms with Gasteiger partial charge in [0.25, 0.3) is 0 Å². The Bertz CT molecular complexity index is 1340. The molecule has 0 radical (unpaired) electrons. The van der Waals surface area contributed by atoms with Crippen LogP contribution in [0.3, 0.4) is 0 Å². The average Bonchev–Trinajstić information content (AvgIpc) is 2.89. The van der Waals surface area contributed by atoms with E-state index in [1.165, 1.54) is 22.3 Å². The molecule has 1 heterocycles. The lowest BCUT2D eigenvalue weighted by Crippen LogP contribution is -2.15. The first-order chi connectivity index (χ1) is 17.1. The van der Waals surface area contributed by atoms with Crippen LogP contribution in [0.25, 0.3) is 11.3 Å². The number of nitrogens with zero attached hydrogens (tertiary/aromatic N) is 2. The number of allylic oxidation sites excluding steroid dienone is 1. The molecule has 1 aliphatic rings. The van der Waals surface area contributed by atoms with Crippen molar-refractivity contribution in [2.24, 2.45) is 0 Å². The second-order valence-corrected chi connectivity index (χ2v) is 9.21. The van der Waals surface area contributed by atoms with Gasteiger partial charge in [-0.2, -0.15) is 0 Å². The van der Waals surface area contributed by atoms with Crippen LogP contribution in [0.2, 0.25) is 0 Å². The smallest absolute Gasteiger partial charge is 0.152 e. The minimum atomic E-state index is 0.750. The van der Waals surface area contributed by atoms with Gasteiger partial charge in [-0.05, 0) is 67.5 Å². The fourth-order valence-electron chi connectivity index (χ4n) is 4.63. The summed E-state index contributed by atoms with van der Waals surface area (Å²) in [7, 11) is 1.71. The van der Waals surface area contributed by atoms with Crippen LogP contribution in [0, 0.1) is 6.92 Å². The molecule has 0 unspecified atom stereocenters. The van der Waals surface area contributed by atoms with E-state index >= 15 is 0 Å². The Morgan fingerprint density at radius 2 is 1.71 bits per heavy atom. The topological polar surface area (TPSA) is 47.0 Å². The van der Waals surface area contributed by atoms with Gasteiger partial charge in [-0.15, -0.1) is 0 Å². The largest absolute Gasteiger partial charge is 0.497 e. The Balaban J connectivity index is 1.46. The third kappa shape index (κ3) is 5.27. The normalized spacial score (nSPS) is 11.9. The Hall–Kier alpha value is -3.92. The lowest BCUT2D eigenvalue weighted by molar-refractivity contribution is 0.414. The van der Waals surface area contributed by atoms with Crippen LogP contribution in [0.1, 0.15) is 33.6 Å². The maximum absolute atomic E-state index is 5.44. The fraction of sp³-hybridized carbons (Fsp3) is 0.226. The molecule has 0 fully saturated rings. The third-order valence-corrected chi connectivity index (χ3v) is 6.57. The zero-order chi connectivity index (χ0) is 24.2. The molecule has 0 saturated carbocycles. The number of benzene rings is 3. The summed E-state index contributed by atoms with van der Waals surface area (Å²) in [5.74, 6) is 1.71. The van der Waals surface area contributed by atoms with Crippen molar-refractivity contribution in [3.63, 3.8) is 0 Å². The van der Waals surface area contributed by atoms with Crippen LogP contribution < -0.4 is 10.1 Å². The molecule has 0 saturated heterocycles. The lowest BCUT2D eigenvalue weighted by Gasteiger charge is -2.22. The standard InChI is InChI=1S/C31H31N3O/c1-21-9-11-24(12-10-21)19-22(2)32-31-29(17-13-23-7-5-4-6-8-23)33-30-27-16-15-26(35-3)20-25(27)14-18-28(30)34-31/h4-12,15-16,20H,2,13-14,17-19H2,1,3H3,(H,32,34). The maximum atomic E-state index is 5.44. The van der Waals surface area contributed by atoms with Gasteiger partial charge in [0.05, 0.1) is 24.2 Å². The van der Waals surface area contributed by atoms with Gasteiger partial charge in [-0.1, -0.05) is 66.7 Å². The molecule has 1 N–H and O–H groups in total. The molecule has 4 heteroatoms. The predicted molar refractivity (Wildman–Crippen MR) is 143 cm³/mol. The van der Waals surface area contributed by atoms with E-state index in [0.29, 0.717) is 0 Å². The van der Waals surface area contributed by atoms with Crippen molar-refractivity contribution < 1.29 is 4.74 Å². The van der Waals surface area contributed by atoms with Crippen molar-refractivity contribution >= 4 is 5.82 Å². The zero-order valence-electron chi connectivity index (χ0n) is 20.5. The van der Waals surface area contributed by atoms with Crippen molar-refractivity contribution in [3.05, 3.63) is 119 Å². The molecule has 176 valence electrons. The molecule has 0 bridgehead atoms. The number of hydrogen-bond donors (Lipinski definition) is 1.